The minimum absolute atomic E-state index is 0.0179. The van der Waals surface area contributed by atoms with Gasteiger partial charge in [-0.25, -0.2) is 9.80 Å². The van der Waals surface area contributed by atoms with Crippen molar-refractivity contribution in [1.29, 1.82) is 0 Å². The molecule has 5 amide bonds. The fourth-order valence-electron chi connectivity index (χ4n) is 6.49. The van der Waals surface area contributed by atoms with Crippen molar-refractivity contribution in [3.63, 3.8) is 0 Å². The van der Waals surface area contributed by atoms with Crippen LogP contribution in [0.5, 0.6) is 0 Å². The van der Waals surface area contributed by atoms with Gasteiger partial charge in [0.15, 0.2) is 0 Å². The average Bonchev–Trinajstić information content (AvgIpc) is 3.20. The summed E-state index contributed by atoms with van der Waals surface area (Å²) in [7, 11) is 0. The first-order chi connectivity index (χ1) is 19.8. The molecule has 0 radical (unpaired) electrons. The van der Waals surface area contributed by atoms with Crippen molar-refractivity contribution in [2.24, 2.45) is 0 Å². The highest BCUT2D eigenvalue weighted by molar-refractivity contribution is 6.22. The van der Waals surface area contributed by atoms with Gasteiger partial charge in [0.2, 0.25) is 5.91 Å². The third-order valence-electron chi connectivity index (χ3n) is 8.20. The Balaban J connectivity index is 1.19. The quantitative estimate of drug-likeness (QED) is 0.469. The lowest BCUT2D eigenvalue weighted by Crippen LogP contribution is -2.58. The Morgan fingerprint density at radius 2 is 1.37 bits per heavy atom. The number of piperazine rings is 1. The van der Waals surface area contributed by atoms with E-state index in [1.165, 1.54) is 11.1 Å². The minimum atomic E-state index is -0.763. The molecular formula is C32H33N5O4. The van der Waals surface area contributed by atoms with Crippen LogP contribution in [-0.2, 0) is 11.3 Å². The topological polar surface area (TPSA) is 93.3 Å². The largest absolute Gasteiger partial charge is 0.343 e. The summed E-state index contributed by atoms with van der Waals surface area (Å²) in [6, 6.07) is 26.5. The number of rotatable bonds is 6. The zero-order valence-corrected chi connectivity index (χ0v) is 23.2. The van der Waals surface area contributed by atoms with E-state index in [1.54, 1.807) is 12.1 Å². The van der Waals surface area contributed by atoms with Crippen LogP contribution in [0.25, 0.3) is 0 Å². The first-order valence-corrected chi connectivity index (χ1v) is 14.0. The molecule has 6 rings (SSSR count). The van der Waals surface area contributed by atoms with Gasteiger partial charge < -0.3 is 0 Å². The van der Waals surface area contributed by atoms with Gasteiger partial charge in [-0.05, 0) is 42.7 Å². The van der Waals surface area contributed by atoms with Gasteiger partial charge in [0, 0.05) is 38.1 Å². The van der Waals surface area contributed by atoms with E-state index in [9.17, 15) is 19.2 Å². The number of hydrogen-bond acceptors (Lipinski definition) is 6. The van der Waals surface area contributed by atoms with E-state index in [0.29, 0.717) is 6.54 Å². The van der Waals surface area contributed by atoms with Crippen LogP contribution in [0.15, 0.2) is 78.9 Å². The Hall–Kier alpha value is -4.34. The monoisotopic (exact) mass is 551 g/mol. The van der Waals surface area contributed by atoms with Crippen LogP contribution in [0.4, 0.5) is 4.79 Å². The highest BCUT2D eigenvalue weighted by atomic mass is 16.2. The van der Waals surface area contributed by atoms with Gasteiger partial charge in [-0.3, -0.25) is 29.5 Å². The summed E-state index contributed by atoms with van der Waals surface area (Å²) in [6.07, 6.45) is 0.0299. The molecule has 3 aromatic rings. The second-order valence-electron chi connectivity index (χ2n) is 11.1. The van der Waals surface area contributed by atoms with Gasteiger partial charge in [-0.1, -0.05) is 66.7 Å². The zero-order chi connectivity index (χ0) is 28.7. The molecule has 9 nitrogen and oxygen atoms in total. The number of amides is 5. The summed E-state index contributed by atoms with van der Waals surface area (Å²) in [5.41, 5.74) is 4.02. The number of carbonyl (C=O) groups excluding carboxylic acids is 4. The number of benzene rings is 3. The molecular weight excluding hydrogens is 518 g/mol. The van der Waals surface area contributed by atoms with Crippen LogP contribution in [0.3, 0.4) is 0 Å². The molecule has 41 heavy (non-hydrogen) atoms. The highest BCUT2D eigenvalue weighted by Crippen LogP contribution is 2.35. The molecule has 9 heteroatoms. The fourth-order valence-corrected chi connectivity index (χ4v) is 6.49. The molecule has 3 aliphatic rings. The van der Waals surface area contributed by atoms with Crippen molar-refractivity contribution in [3.8, 4) is 0 Å². The van der Waals surface area contributed by atoms with Crippen molar-refractivity contribution in [1.82, 2.24) is 25.1 Å². The van der Waals surface area contributed by atoms with E-state index in [-0.39, 0.29) is 42.2 Å². The third-order valence-corrected chi connectivity index (χ3v) is 8.20. The molecule has 0 spiro atoms. The van der Waals surface area contributed by atoms with Crippen molar-refractivity contribution in [2.45, 2.75) is 44.9 Å². The van der Waals surface area contributed by atoms with Crippen molar-refractivity contribution in [3.05, 3.63) is 107 Å². The lowest BCUT2D eigenvalue weighted by molar-refractivity contribution is -0.122. The number of carbonyl (C=O) groups is 4. The second-order valence-corrected chi connectivity index (χ2v) is 11.1. The zero-order valence-electron chi connectivity index (χ0n) is 23.2. The molecule has 210 valence electrons. The Kier molecular flexibility index (Phi) is 7.15. The summed E-state index contributed by atoms with van der Waals surface area (Å²) >= 11 is 0. The molecule has 3 aromatic carbocycles. The average molecular weight is 552 g/mol. The number of imide groups is 2. The van der Waals surface area contributed by atoms with Crippen molar-refractivity contribution >= 4 is 23.8 Å². The van der Waals surface area contributed by atoms with E-state index in [1.807, 2.05) is 18.2 Å². The molecule has 0 aromatic heterocycles. The van der Waals surface area contributed by atoms with E-state index < -0.39 is 23.8 Å². The molecule has 1 N–H and O–H groups in total. The normalized spacial score (nSPS) is 21.9. The molecule has 2 atom stereocenters. The van der Waals surface area contributed by atoms with Gasteiger partial charge in [0.1, 0.15) is 0 Å². The number of fused-ring (bicyclic) bond motifs is 1. The van der Waals surface area contributed by atoms with E-state index in [2.05, 4.69) is 77.5 Å². The van der Waals surface area contributed by atoms with Gasteiger partial charge in [-0.15, -0.1) is 0 Å². The second kappa shape index (κ2) is 10.9. The lowest BCUT2D eigenvalue weighted by atomic mass is 9.92. The molecule has 0 saturated carbocycles. The molecule has 3 aliphatic heterocycles. The van der Waals surface area contributed by atoms with Crippen molar-refractivity contribution < 1.29 is 19.2 Å². The maximum absolute atomic E-state index is 13.2. The first-order valence-electron chi connectivity index (χ1n) is 14.0. The van der Waals surface area contributed by atoms with Crippen LogP contribution in [0, 0.1) is 0 Å². The molecule has 2 fully saturated rings. The summed E-state index contributed by atoms with van der Waals surface area (Å²) < 4.78 is 0. The van der Waals surface area contributed by atoms with E-state index >= 15 is 0 Å². The Bertz CT molecular complexity index is 1440. The number of nitrogens with one attached hydrogen (secondary N) is 1. The van der Waals surface area contributed by atoms with E-state index in [4.69, 9.17) is 0 Å². The van der Waals surface area contributed by atoms with Gasteiger partial charge in [0.05, 0.1) is 23.7 Å². The van der Waals surface area contributed by atoms with Crippen LogP contribution < -0.4 is 5.32 Å². The van der Waals surface area contributed by atoms with Crippen molar-refractivity contribution in [2.75, 3.05) is 19.6 Å². The lowest BCUT2D eigenvalue weighted by Gasteiger charge is -2.48. The van der Waals surface area contributed by atoms with Gasteiger partial charge in [-0.2, -0.15) is 5.01 Å². The molecule has 3 heterocycles. The SMILES string of the molecule is CC1CN(Cc2ccc3c(c2)C(=O)N(N2CCC(=O)NC2=O)C3=O)CC(C)N1C(c1ccccc1)c1ccccc1. The summed E-state index contributed by atoms with van der Waals surface area (Å²) in [5.74, 6) is -1.52. The number of urea groups is 1. The maximum atomic E-state index is 13.2. The van der Waals surface area contributed by atoms with E-state index in [0.717, 1.165) is 28.7 Å². The Morgan fingerprint density at radius 1 is 0.780 bits per heavy atom. The number of hydrogen-bond donors (Lipinski definition) is 1. The summed E-state index contributed by atoms with van der Waals surface area (Å²) in [4.78, 5) is 55.1. The smallest absolute Gasteiger partial charge is 0.296 e. The Morgan fingerprint density at radius 3 is 1.95 bits per heavy atom. The predicted octanol–water partition coefficient (Wildman–Crippen LogP) is 3.82. The highest BCUT2D eigenvalue weighted by Gasteiger charge is 2.43. The summed E-state index contributed by atoms with van der Waals surface area (Å²) in [5, 5.41) is 4.04. The van der Waals surface area contributed by atoms with Gasteiger partial charge >= 0.3 is 6.03 Å². The number of nitrogens with zero attached hydrogens (tertiary/aromatic N) is 4. The molecule has 0 bridgehead atoms. The summed E-state index contributed by atoms with van der Waals surface area (Å²) in [6.45, 7) is 6.84. The van der Waals surface area contributed by atoms with Crippen LogP contribution in [0.1, 0.15) is 63.7 Å². The first kappa shape index (κ1) is 26.9. The molecule has 2 unspecified atom stereocenters. The maximum Gasteiger partial charge on any atom is 0.343 e. The van der Waals surface area contributed by atoms with Crippen LogP contribution in [0.2, 0.25) is 0 Å². The number of hydrazine groups is 1. The fraction of sp³-hybridized carbons (Fsp3) is 0.312. The Labute approximate surface area is 239 Å². The minimum Gasteiger partial charge on any atom is -0.296 e. The third kappa shape index (κ3) is 5.03. The predicted molar refractivity (Wildman–Crippen MR) is 153 cm³/mol. The molecule has 2 saturated heterocycles. The molecule has 0 aliphatic carbocycles. The standard InChI is InChI=1S/C32H33N5O4/c1-21-18-34(19-22(2)36(21)29(24-9-5-3-6-10-24)25-11-7-4-8-12-25)20-23-13-14-26-27(17-23)31(40)37(30(26)39)35-16-15-28(38)33-32(35)41/h3-14,17,21-22,29H,15-16,18-20H2,1-2H3,(H,33,38,41). The van der Waals surface area contributed by atoms with Gasteiger partial charge in [0.25, 0.3) is 11.8 Å². The van der Waals surface area contributed by atoms with Crippen LogP contribution in [-0.4, -0.2) is 75.3 Å². The van der Waals surface area contributed by atoms with Crippen LogP contribution >= 0.6 is 0 Å².